The maximum atomic E-state index is 12.1. The Hall–Kier alpha value is -1.30. The molecule has 0 fully saturated rings. The molecule has 1 N–H and O–H groups in total. The zero-order chi connectivity index (χ0) is 15.3. The van der Waals surface area contributed by atoms with Crippen LogP contribution in [0, 0.1) is 0 Å². The molecule has 0 aromatic rings. The van der Waals surface area contributed by atoms with Gasteiger partial charge in [0.1, 0.15) is 11.1 Å². The number of likely N-dealkylation sites (N-methyl/N-ethyl adjacent to an activating group) is 1. The smallest absolute Gasteiger partial charge is 0.411 e. The lowest BCUT2D eigenvalue weighted by Crippen LogP contribution is -2.56. The molecule has 0 saturated heterocycles. The van der Waals surface area contributed by atoms with Crippen molar-refractivity contribution in [1.29, 1.82) is 0 Å². The van der Waals surface area contributed by atoms with Gasteiger partial charge in [-0.05, 0) is 34.6 Å². The lowest BCUT2D eigenvalue weighted by molar-refractivity contribution is -0.151. The summed E-state index contributed by atoms with van der Waals surface area (Å²) in [7, 11) is 1.49. The molecular formula is C13H25NO5. The fourth-order valence-corrected chi connectivity index (χ4v) is 1.65. The van der Waals surface area contributed by atoms with Gasteiger partial charge < -0.3 is 14.6 Å². The first-order chi connectivity index (χ1) is 8.58. The van der Waals surface area contributed by atoms with Crippen LogP contribution in [-0.4, -0.2) is 53.5 Å². The lowest BCUT2D eigenvalue weighted by Gasteiger charge is -2.38. The van der Waals surface area contributed by atoms with E-state index in [2.05, 4.69) is 0 Å². The van der Waals surface area contributed by atoms with Gasteiger partial charge in [-0.1, -0.05) is 0 Å². The number of ether oxygens (including phenoxy) is 2. The van der Waals surface area contributed by atoms with Gasteiger partial charge in [-0.2, -0.15) is 0 Å². The Bertz CT molecular complexity index is 323. The molecule has 0 heterocycles. The number of carbonyl (C=O) groups excluding carboxylic acids is 1. The van der Waals surface area contributed by atoms with Crippen molar-refractivity contribution in [3.63, 3.8) is 0 Å². The molecule has 1 amide bonds. The third-order valence-electron chi connectivity index (χ3n) is 2.78. The Kier molecular flexibility index (Phi) is 6.29. The summed E-state index contributed by atoms with van der Waals surface area (Å²) in [6, 6.07) is 0. The highest BCUT2D eigenvalue weighted by atomic mass is 16.6. The third kappa shape index (κ3) is 5.06. The number of aliphatic carboxylic acids is 1. The number of carbonyl (C=O) groups is 2. The summed E-state index contributed by atoms with van der Waals surface area (Å²) < 4.78 is 10.2. The molecule has 1 unspecified atom stereocenters. The van der Waals surface area contributed by atoms with Crippen LogP contribution in [0.1, 0.15) is 41.0 Å². The Morgan fingerprint density at radius 1 is 1.21 bits per heavy atom. The van der Waals surface area contributed by atoms with Crippen molar-refractivity contribution in [2.75, 3.05) is 20.3 Å². The number of hydrogen-bond donors (Lipinski definition) is 1. The van der Waals surface area contributed by atoms with Crippen LogP contribution >= 0.6 is 0 Å². The average Bonchev–Trinajstić information content (AvgIpc) is 2.24. The number of methoxy groups -OCH3 is 1. The molecule has 0 spiro atoms. The van der Waals surface area contributed by atoms with E-state index in [1.165, 1.54) is 18.9 Å². The second kappa shape index (κ2) is 6.75. The van der Waals surface area contributed by atoms with Crippen LogP contribution in [0.4, 0.5) is 4.79 Å². The minimum atomic E-state index is -1.34. The summed E-state index contributed by atoms with van der Waals surface area (Å²) in [6.07, 6.45) is -0.428. The molecule has 0 aliphatic carbocycles. The zero-order valence-corrected chi connectivity index (χ0v) is 12.6. The van der Waals surface area contributed by atoms with Gasteiger partial charge in [0.15, 0.2) is 0 Å². The molecule has 0 aromatic carbocycles. The maximum absolute atomic E-state index is 12.1. The van der Waals surface area contributed by atoms with Crippen molar-refractivity contribution in [2.24, 2.45) is 0 Å². The predicted molar refractivity (Wildman–Crippen MR) is 71.1 cm³/mol. The molecule has 0 rings (SSSR count). The highest BCUT2D eigenvalue weighted by Gasteiger charge is 2.43. The molecule has 0 bridgehead atoms. The maximum Gasteiger partial charge on any atom is 0.411 e. The third-order valence-corrected chi connectivity index (χ3v) is 2.78. The Balaban J connectivity index is 5.14. The fourth-order valence-electron chi connectivity index (χ4n) is 1.65. The largest absolute Gasteiger partial charge is 0.480 e. The van der Waals surface area contributed by atoms with E-state index in [0.717, 1.165) is 0 Å². The molecule has 0 aliphatic rings. The summed E-state index contributed by atoms with van der Waals surface area (Å²) in [6.45, 7) is 8.95. The van der Waals surface area contributed by atoms with E-state index in [0.29, 0.717) is 0 Å². The van der Waals surface area contributed by atoms with Gasteiger partial charge in [0.05, 0.1) is 0 Å². The van der Waals surface area contributed by atoms with Gasteiger partial charge in [0.25, 0.3) is 0 Å². The molecule has 0 radical (unpaired) electrons. The van der Waals surface area contributed by atoms with Gasteiger partial charge in [-0.15, -0.1) is 0 Å². The van der Waals surface area contributed by atoms with Crippen LogP contribution in [0.2, 0.25) is 0 Å². The minimum absolute atomic E-state index is 0.200. The van der Waals surface area contributed by atoms with Crippen molar-refractivity contribution >= 4 is 12.1 Å². The molecular weight excluding hydrogens is 250 g/mol. The van der Waals surface area contributed by atoms with E-state index in [1.54, 1.807) is 27.7 Å². The molecule has 19 heavy (non-hydrogen) atoms. The highest BCUT2D eigenvalue weighted by molar-refractivity contribution is 5.84. The molecule has 0 saturated carbocycles. The molecule has 1 atom stereocenters. The van der Waals surface area contributed by atoms with E-state index in [1.807, 2.05) is 0 Å². The van der Waals surface area contributed by atoms with E-state index < -0.39 is 23.2 Å². The number of carboxylic acid groups (broad SMARTS) is 1. The second-order valence-electron chi connectivity index (χ2n) is 5.55. The fraction of sp³-hybridized carbons (Fsp3) is 0.846. The first-order valence-corrected chi connectivity index (χ1v) is 6.31. The van der Waals surface area contributed by atoms with Crippen molar-refractivity contribution in [3.8, 4) is 0 Å². The molecule has 0 aliphatic heterocycles. The summed E-state index contributed by atoms with van der Waals surface area (Å²) in [5, 5.41) is 9.40. The normalized spacial score (nSPS) is 14.6. The molecule has 6 heteroatoms. The van der Waals surface area contributed by atoms with Crippen LogP contribution in [0.15, 0.2) is 0 Å². The zero-order valence-electron chi connectivity index (χ0n) is 12.6. The summed E-state index contributed by atoms with van der Waals surface area (Å²) in [5.41, 5.74) is -2.00. The molecule has 0 aromatic heterocycles. The number of rotatable bonds is 6. The monoisotopic (exact) mass is 275 g/mol. The Morgan fingerprint density at radius 2 is 1.74 bits per heavy atom. The molecule has 6 nitrogen and oxygen atoms in total. The first-order valence-electron chi connectivity index (χ1n) is 6.31. The molecule has 112 valence electrons. The average molecular weight is 275 g/mol. The number of carboxylic acids is 1. The van der Waals surface area contributed by atoms with Crippen molar-refractivity contribution < 1.29 is 24.2 Å². The Morgan fingerprint density at radius 3 is 2.05 bits per heavy atom. The Labute approximate surface area is 114 Å². The van der Waals surface area contributed by atoms with Gasteiger partial charge in [0.2, 0.25) is 0 Å². The quantitative estimate of drug-likeness (QED) is 0.803. The second-order valence-corrected chi connectivity index (χ2v) is 5.55. The first kappa shape index (κ1) is 17.7. The van der Waals surface area contributed by atoms with Crippen LogP contribution < -0.4 is 0 Å². The minimum Gasteiger partial charge on any atom is -0.480 e. The van der Waals surface area contributed by atoms with Crippen molar-refractivity contribution in [3.05, 3.63) is 0 Å². The van der Waals surface area contributed by atoms with Crippen molar-refractivity contribution in [1.82, 2.24) is 4.90 Å². The van der Waals surface area contributed by atoms with Gasteiger partial charge in [0, 0.05) is 26.7 Å². The number of hydrogen-bond acceptors (Lipinski definition) is 4. The lowest BCUT2D eigenvalue weighted by atomic mass is 9.96. The van der Waals surface area contributed by atoms with Crippen LogP contribution in [0.5, 0.6) is 0 Å². The van der Waals surface area contributed by atoms with Gasteiger partial charge in [-0.3, -0.25) is 4.90 Å². The van der Waals surface area contributed by atoms with E-state index in [-0.39, 0.29) is 19.6 Å². The van der Waals surface area contributed by atoms with E-state index >= 15 is 0 Å². The van der Waals surface area contributed by atoms with Crippen LogP contribution in [0.3, 0.4) is 0 Å². The van der Waals surface area contributed by atoms with Crippen LogP contribution in [0.25, 0.3) is 0 Å². The standard InChI is InChI=1S/C13H25NO5/c1-7-14(11(17)19-12(2,3)4)13(5,10(15)16)8-9-18-6/h7-9H2,1-6H3,(H,15,16). The highest BCUT2D eigenvalue weighted by Crippen LogP contribution is 2.23. The van der Waals surface area contributed by atoms with Gasteiger partial charge >= 0.3 is 12.1 Å². The van der Waals surface area contributed by atoms with Crippen molar-refractivity contribution in [2.45, 2.75) is 52.2 Å². The number of nitrogens with zero attached hydrogens (tertiary/aromatic N) is 1. The van der Waals surface area contributed by atoms with Crippen LogP contribution in [-0.2, 0) is 14.3 Å². The predicted octanol–water partition coefficient (Wildman–Crippen LogP) is 2.12. The van der Waals surface area contributed by atoms with Gasteiger partial charge in [-0.25, -0.2) is 9.59 Å². The summed E-state index contributed by atoms with van der Waals surface area (Å²) in [5.74, 6) is -1.07. The topological polar surface area (TPSA) is 76.1 Å². The summed E-state index contributed by atoms with van der Waals surface area (Å²) >= 11 is 0. The summed E-state index contributed by atoms with van der Waals surface area (Å²) in [4.78, 5) is 24.8. The van der Waals surface area contributed by atoms with E-state index in [9.17, 15) is 14.7 Å². The SMILES string of the molecule is CCN(C(=O)OC(C)(C)C)C(C)(CCOC)C(=O)O. The van der Waals surface area contributed by atoms with E-state index in [4.69, 9.17) is 9.47 Å². The number of amides is 1.